The summed E-state index contributed by atoms with van der Waals surface area (Å²) in [6.45, 7) is 3.92. The molecule has 3 N–H and O–H groups in total. The van der Waals surface area contributed by atoms with Gasteiger partial charge in [0.15, 0.2) is 5.84 Å². The third kappa shape index (κ3) is 4.73. The fraction of sp³-hybridized carbons (Fsp3) is 0. The van der Waals surface area contributed by atoms with Crippen LogP contribution in [0.4, 0.5) is 5.69 Å². The molecule has 8 heteroatoms. The first-order chi connectivity index (χ1) is 15.5. The number of nitrogens with two attached hydrogens (primary N) is 1. The van der Waals surface area contributed by atoms with E-state index >= 15 is 0 Å². The van der Waals surface area contributed by atoms with Gasteiger partial charge in [-0.05, 0) is 47.6 Å². The van der Waals surface area contributed by atoms with Crippen LogP contribution in [-0.4, -0.2) is 16.8 Å². The van der Waals surface area contributed by atoms with E-state index < -0.39 is 0 Å². The Labute approximate surface area is 183 Å². The van der Waals surface area contributed by atoms with Crippen molar-refractivity contribution in [3.05, 3.63) is 106 Å². The van der Waals surface area contributed by atoms with E-state index in [0.717, 1.165) is 0 Å². The molecule has 0 aliphatic heterocycles. The maximum absolute atomic E-state index is 11.1. The molecule has 0 amide bonds. The summed E-state index contributed by atoms with van der Waals surface area (Å²) in [6.07, 6.45) is 0. The van der Waals surface area contributed by atoms with Crippen LogP contribution in [0.1, 0.15) is 27.8 Å². The summed E-state index contributed by atoms with van der Waals surface area (Å²) >= 11 is 0. The van der Waals surface area contributed by atoms with Crippen LogP contribution >= 0.6 is 0 Å². The summed E-state index contributed by atoms with van der Waals surface area (Å²) in [5.74, 6) is -0.119. The van der Waals surface area contributed by atoms with E-state index in [1.165, 1.54) is 30.3 Å². The van der Waals surface area contributed by atoms with Crippen LogP contribution in [-0.2, 0) is 0 Å². The zero-order chi connectivity index (χ0) is 23.1. The summed E-state index contributed by atoms with van der Waals surface area (Å²) in [5.41, 5.74) is 7.97. The number of aliphatic imine (C=N–C) groups is 2. The molecule has 32 heavy (non-hydrogen) atoms. The molecule has 0 aromatic heterocycles. The van der Waals surface area contributed by atoms with Crippen molar-refractivity contribution in [2.24, 2.45) is 20.9 Å². The Morgan fingerprint density at radius 1 is 0.906 bits per heavy atom. The first kappa shape index (κ1) is 21.6. The molecule has 0 radical (unpaired) electrons. The molecule has 0 atom stereocenters. The molecule has 0 heterocycles. The Kier molecular flexibility index (Phi) is 6.50. The van der Waals surface area contributed by atoms with Crippen molar-refractivity contribution >= 4 is 23.1 Å². The van der Waals surface area contributed by atoms with Gasteiger partial charge in [-0.15, -0.1) is 4.91 Å². The Bertz CT molecular complexity index is 1330. The number of nitrogens with zero attached hydrogens (tertiary/aromatic N) is 5. The van der Waals surface area contributed by atoms with Gasteiger partial charge in [0, 0.05) is 11.1 Å². The summed E-state index contributed by atoms with van der Waals surface area (Å²) in [7, 11) is 0. The van der Waals surface area contributed by atoms with Gasteiger partial charge in [0.2, 0.25) is 0 Å². The summed E-state index contributed by atoms with van der Waals surface area (Å²) in [4.78, 5) is 19.9. The molecule has 0 aliphatic carbocycles. The Balaban J connectivity index is 2.17. The minimum Gasteiger partial charge on any atom is -0.507 e. The van der Waals surface area contributed by atoms with Crippen molar-refractivity contribution in [1.82, 2.24) is 0 Å². The summed E-state index contributed by atoms with van der Waals surface area (Å²) in [5, 5.41) is 31.7. The molecule has 8 nitrogen and oxygen atoms in total. The fourth-order valence-corrected chi connectivity index (χ4v) is 2.87. The zero-order valence-corrected chi connectivity index (χ0v) is 16.7. The number of rotatable bonds is 5. The lowest BCUT2D eigenvalue weighted by atomic mass is 10.1. The molecule has 0 saturated heterocycles. The van der Waals surface area contributed by atoms with Crippen molar-refractivity contribution in [2.75, 3.05) is 0 Å². The second-order valence-electron chi connectivity index (χ2n) is 6.53. The molecule has 3 aromatic rings. The number of hydrogen-bond acceptors (Lipinski definition) is 6. The van der Waals surface area contributed by atoms with Crippen molar-refractivity contribution in [3.8, 4) is 17.9 Å². The van der Waals surface area contributed by atoms with Crippen molar-refractivity contribution in [1.29, 1.82) is 10.5 Å². The van der Waals surface area contributed by atoms with Gasteiger partial charge in [-0.1, -0.05) is 30.8 Å². The number of nitroso groups, excluding NO2 is 1. The highest BCUT2D eigenvalue weighted by Gasteiger charge is 2.13. The zero-order valence-electron chi connectivity index (χ0n) is 16.7. The molecule has 0 spiro atoms. The molecule has 3 rings (SSSR count). The molecule has 154 valence electrons. The third-order valence-corrected chi connectivity index (χ3v) is 4.41. The largest absolute Gasteiger partial charge is 0.507 e. The standard InChI is InChI=1S/C24H16N6O2/c1-15(18-11-16(13-25)10-17(12-18)14-26)28-24(20-7-3-5-9-22(20)31)29-23(27)19-6-2-4-8-21(19)30-32/h2-12,31H,1H2,(H2,27,28,29). The van der Waals surface area contributed by atoms with Gasteiger partial charge in [-0.2, -0.15) is 10.5 Å². The number of nitriles is 2. The van der Waals surface area contributed by atoms with Crippen LogP contribution < -0.4 is 5.73 Å². The average Bonchev–Trinajstić information content (AvgIpc) is 2.83. The van der Waals surface area contributed by atoms with E-state index in [-0.39, 0.29) is 45.5 Å². The van der Waals surface area contributed by atoms with Gasteiger partial charge >= 0.3 is 0 Å². The number of aromatic hydroxyl groups is 1. The molecular formula is C24H16N6O2. The van der Waals surface area contributed by atoms with Crippen LogP contribution in [0.2, 0.25) is 0 Å². The van der Waals surface area contributed by atoms with Crippen LogP contribution in [0.15, 0.2) is 88.5 Å². The van der Waals surface area contributed by atoms with Crippen LogP contribution in [0.25, 0.3) is 5.70 Å². The first-order valence-corrected chi connectivity index (χ1v) is 9.25. The smallest absolute Gasteiger partial charge is 0.165 e. The maximum Gasteiger partial charge on any atom is 0.165 e. The molecule has 0 fully saturated rings. The monoisotopic (exact) mass is 420 g/mol. The van der Waals surface area contributed by atoms with Gasteiger partial charge in [0.05, 0.1) is 34.5 Å². The third-order valence-electron chi connectivity index (χ3n) is 4.41. The number of phenolic OH excluding ortho intramolecular Hbond substituents is 1. The lowest BCUT2D eigenvalue weighted by molar-refractivity contribution is 0.474. The van der Waals surface area contributed by atoms with Gasteiger partial charge < -0.3 is 10.8 Å². The Morgan fingerprint density at radius 2 is 1.50 bits per heavy atom. The number of para-hydroxylation sites is 1. The number of phenols is 1. The second-order valence-corrected chi connectivity index (χ2v) is 6.53. The highest BCUT2D eigenvalue weighted by molar-refractivity contribution is 6.14. The Hall–Kier alpha value is -5.08. The van der Waals surface area contributed by atoms with Gasteiger partial charge in [-0.3, -0.25) is 0 Å². The topological polar surface area (TPSA) is 148 Å². The molecular weight excluding hydrogens is 404 g/mol. The van der Waals surface area contributed by atoms with E-state index in [9.17, 15) is 20.5 Å². The number of hydrogen-bond donors (Lipinski definition) is 2. The van der Waals surface area contributed by atoms with Gasteiger partial charge in [-0.25, -0.2) is 9.98 Å². The molecule has 0 unspecified atom stereocenters. The van der Waals surface area contributed by atoms with E-state index in [4.69, 9.17) is 5.73 Å². The normalized spacial score (nSPS) is 11.3. The van der Waals surface area contributed by atoms with Gasteiger partial charge in [0.25, 0.3) is 0 Å². The van der Waals surface area contributed by atoms with E-state index in [0.29, 0.717) is 11.1 Å². The number of amidine groups is 2. The quantitative estimate of drug-likeness (QED) is 0.357. The average molecular weight is 420 g/mol. The number of benzene rings is 3. The van der Waals surface area contributed by atoms with Crippen molar-refractivity contribution in [2.45, 2.75) is 0 Å². The highest BCUT2D eigenvalue weighted by Crippen LogP contribution is 2.24. The van der Waals surface area contributed by atoms with Crippen LogP contribution in [0, 0.1) is 27.6 Å². The van der Waals surface area contributed by atoms with Crippen molar-refractivity contribution < 1.29 is 5.11 Å². The first-order valence-electron chi connectivity index (χ1n) is 9.25. The molecule has 0 saturated carbocycles. The van der Waals surface area contributed by atoms with E-state index in [2.05, 4.69) is 21.7 Å². The van der Waals surface area contributed by atoms with E-state index in [1.54, 1.807) is 36.4 Å². The minimum absolute atomic E-state index is 0.0205. The predicted molar refractivity (Wildman–Crippen MR) is 122 cm³/mol. The predicted octanol–water partition coefficient (Wildman–Crippen LogP) is 4.36. The van der Waals surface area contributed by atoms with Crippen molar-refractivity contribution in [3.63, 3.8) is 0 Å². The van der Waals surface area contributed by atoms with E-state index in [1.807, 2.05) is 12.1 Å². The second kappa shape index (κ2) is 9.61. The fourth-order valence-electron chi connectivity index (χ4n) is 2.87. The van der Waals surface area contributed by atoms with Crippen LogP contribution in [0.3, 0.4) is 0 Å². The lowest BCUT2D eigenvalue weighted by Crippen LogP contribution is -2.16. The summed E-state index contributed by atoms with van der Waals surface area (Å²) < 4.78 is 0. The summed E-state index contributed by atoms with van der Waals surface area (Å²) in [6, 6.07) is 21.3. The SMILES string of the molecule is C=C(N=C(N=C(N)c1ccccc1N=O)c1ccccc1O)c1cc(C#N)cc(C#N)c1. The molecule has 0 bridgehead atoms. The Morgan fingerprint density at radius 3 is 2.09 bits per heavy atom. The highest BCUT2D eigenvalue weighted by atomic mass is 16.3. The minimum atomic E-state index is -0.0964. The van der Waals surface area contributed by atoms with Crippen LogP contribution in [0.5, 0.6) is 5.75 Å². The van der Waals surface area contributed by atoms with Gasteiger partial charge in [0.1, 0.15) is 17.3 Å². The molecule has 3 aromatic carbocycles. The lowest BCUT2D eigenvalue weighted by Gasteiger charge is -2.09. The maximum atomic E-state index is 11.1. The molecule has 0 aliphatic rings.